The van der Waals surface area contributed by atoms with Crippen LogP contribution in [-0.4, -0.2) is 10.7 Å². The Bertz CT molecular complexity index is 3290. The Labute approximate surface area is 350 Å². The molecule has 0 atom stereocenters. The molecule has 0 radical (unpaired) electrons. The van der Waals surface area contributed by atoms with Gasteiger partial charge in [-0.05, 0) is 125 Å². The van der Waals surface area contributed by atoms with Gasteiger partial charge in [0.05, 0.1) is 5.70 Å². The molecule has 2 heterocycles. The van der Waals surface area contributed by atoms with Crippen molar-refractivity contribution in [3.05, 3.63) is 235 Å². The maximum Gasteiger partial charge on any atom is 0.0711 e. The van der Waals surface area contributed by atoms with Crippen LogP contribution in [0.3, 0.4) is 0 Å². The zero-order valence-corrected chi connectivity index (χ0v) is 33.1. The summed E-state index contributed by atoms with van der Waals surface area (Å²) in [6.07, 6.45) is 10.1. The molecule has 1 aromatic heterocycles. The van der Waals surface area contributed by atoms with Gasteiger partial charge in [0, 0.05) is 29.2 Å². The van der Waals surface area contributed by atoms with E-state index in [0.29, 0.717) is 0 Å². The van der Waals surface area contributed by atoms with Gasteiger partial charge in [0.25, 0.3) is 0 Å². The number of benzene rings is 9. The molecule has 9 aromatic carbocycles. The van der Waals surface area contributed by atoms with Gasteiger partial charge >= 0.3 is 0 Å². The van der Waals surface area contributed by atoms with Crippen LogP contribution < -0.4 is 0 Å². The molecule has 0 fully saturated rings. The van der Waals surface area contributed by atoms with Gasteiger partial charge in [-0.25, -0.2) is 0 Å². The molecule has 1 aliphatic rings. The molecule has 0 unspecified atom stereocenters. The van der Waals surface area contributed by atoms with Crippen molar-refractivity contribution in [2.75, 3.05) is 0 Å². The Morgan fingerprint density at radius 3 is 1.68 bits per heavy atom. The summed E-state index contributed by atoms with van der Waals surface area (Å²) >= 11 is 0. The molecule has 1 aliphatic heterocycles. The van der Waals surface area contributed by atoms with Crippen LogP contribution in [0.25, 0.3) is 87.7 Å². The molecule has 10 aromatic rings. The van der Waals surface area contributed by atoms with Crippen molar-refractivity contribution in [1.29, 1.82) is 0 Å². The first kappa shape index (κ1) is 35.5. The molecule has 0 amide bonds. The van der Waals surface area contributed by atoms with Crippen LogP contribution in [0.1, 0.15) is 29.5 Å². The van der Waals surface area contributed by atoms with Crippen LogP contribution in [0.4, 0.5) is 0 Å². The summed E-state index contributed by atoms with van der Waals surface area (Å²) in [6, 6.07) is 70.4. The first-order valence-electron chi connectivity index (χ1n) is 20.8. The van der Waals surface area contributed by atoms with E-state index in [9.17, 15) is 0 Å². The lowest BCUT2D eigenvalue weighted by atomic mass is 9.91. The second kappa shape index (κ2) is 15.2. The third kappa shape index (κ3) is 6.59. The zero-order valence-electron chi connectivity index (χ0n) is 33.1. The normalized spacial score (nSPS) is 13.2. The molecule has 0 N–H and O–H groups in total. The lowest BCUT2D eigenvalue weighted by Gasteiger charge is -2.16. The predicted molar refractivity (Wildman–Crippen MR) is 255 cm³/mol. The minimum atomic E-state index is 0.825. The maximum atomic E-state index is 5.51. The smallest absolute Gasteiger partial charge is 0.0711 e. The van der Waals surface area contributed by atoms with Crippen molar-refractivity contribution in [3.8, 4) is 33.4 Å². The molecular formula is C58H40N2. The number of allylic oxidation sites excluding steroid dienone is 3. The quantitative estimate of drug-likeness (QED) is 0.155. The molecule has 0 spiro atoms. The molecule has 0 bridgehead atoms. The van der Waals surface area contributed by atoms with E-state index in [-0.39, 0.29) is 0 Å². The van der Waals surface area contributed by atoms with E-state index < -0.39 is 0 Å². The minimum Gasteiger partial charge on any atom is -0.264 e. The van der Waals surface area contributed by atoms with E-state index in [4.69, 9.17) is 4.99 Å². The topological polar surface area (TPSA) is 25.2 Å². The SMILES string of the molecule is C1=C(c2ccc(-c3cccc4ccccc34)cc2)C=C(c2cccc(-c3cccnc3)c2)N=C(c2ccc(-c3ccc4c5ccccc5c5ccccc5c4c3)cc2)CC1. The summed E-state index contributed by atoms with van der Waals surface area (Å²) < 4.78 is 0. The first-order valence-corrected chi connectivity index (χ1v) is 20.8. The summed E-state index contributed by atoms with van der Waals surface area (Å²) in [5.74, 6) is 0. The second-order valence-corrected chi connectivity index (χ2v) is 15.6. The number of rotatable bonds is 6. The summed E-state index contributed by atoms with van der Waals surface area (Å²) in [6.45, 7) is 0. The maximum absolute atomic E-state index is 5.51. The number of aliphatic imine (C=N–C) groups is 1. The van der Waals surface area contributed by atoms with Gasteiger partial charge in [-0.2, -0.15) is 0 Å². The third-order valence-corrected chi connectivity index (χ3v) is 12.1. The summed E-state index contributed by atoms with van der Waals surface area (Å²) in [5.41, 5.74) is 13.7. The standard InChI is InChI=1S/C58H40N2/c1-2-17-49-41(11-1)12-8-22-50(49)42-28-24-39(25-29-42)45-14-9-23-57(60-58(37-45)47-15-7-13-44(35-47)48-16-10-34-59-38-48)43-30-26-40(27-31-43)46-32-33-55-53-20-4-3-18-51(53)52-19-5-6-21-54(52)56(55)36-46/h1-8,10-22,24-38H,9,23H2. The van der Waals surface area contributed by atoms with Crippen molar-refractivity contribution >= 4 is 60.1 Å². The van der Waals surface area contributed by atoms with E-state index in [1.807, 2.05) is 18.5 Å². The zero-order chi connectivity index (χ0) is 39.8. The fourth-order valence-corrected chi connectivity index (χ4v) is 9.02. The van der Waals surface area contributed by atoms with Crippen molar-refractivity contribution < 1.29 is 0 Å². The lowest BCUT2D eigenvalue weighted by molar-refractivity contribution is 1.09. The van der Waals surface area contributed by atoms with Gasteiger partial charge < -0.3 is 0 Å². The predicted octanol–water partition coefficient (Wildman–Crippen LogP) is 15.4. The Morgan fingerprint density at radius 2 is 0.933 bits per heavy atom. The molecule has 0 aliphatic carbocycles. The number of hydrogen-bond donors (Lipinski definition) is 0. The van der Waals surface area contributed by atoms with Gasteiger partial charge in [-0.1, -0.05) is 182 Å². The molecular weight excluding hydrogens is 725 g/mol. The Balaban J connectivity index is 0.965. The fourth-order valence-electron chi connectivity index (χ4n) is 9.02. The summed E-state index contributed by atoms with van der Waals surface area (Å²) in [5, 5.41) is 10.3. The molecule has 60 heavy (non-hydrogen) atoms. The van der Waals surface area contributed by atoms with Gasteiger partial charge in [0.2, 0.25) is 0 Å². The van der Waals surface area contributed by atoms with E-state index in [0.717, 1.165) is 46.5 Å². The number of fused-ring (bicyclic) bond motifs is 7. The van der Waals surface area contributed by atoms with Gasteiger partial charge in [-0.3, -0.25) is 9.98 Å². The van der Waals surface area contributed by atoms with Crippen molar-refractivity contribution in [2.24, 2.45) is 4.99 Å². The average Bonchev–Trinajstić information content (AvgIpc) is 3.32. The van der Waals surface area contributed by atoms with Crippen LogP contribution in [0, 0.1) is 0 Å². The third-order valence-electron chi connectivity index (χ3n) is 12.1. The van der Waals surface area contributed by atoms with Gasteiger partial charge in [0.1, 0.15) is 0 Å². The molecule has 2 nitrogen and oxygen atoms in total. The molecule has 2 heteroatoms. The van der Waals surface area contributed by atoms with E-state index >= 15 is 0 Å². The van der Waals surface area contributed by atoms with Crippen LogP contribution >= 0.6 is 0 Å². The molecule has 282 valence electrons. The van der Waals surface area contributed by atoms with Crippen LogP contribution in [0.5, 0.6) is 0 Å². The largest absolute Gasteiger partial charge is 0.264 e. The monoisotopic (exact) mass is 764 g/mol. The molecule has 11 rings (SSSR count). The molecule has 0 saturated heterocycles. The fraction of sp³-hybridized carbons (Fsp3) is 0.0345. The highest BCUT2D eigenvalue weighted by molar-refractivity contribution is 6.25. The average molecular weight is 765 g/mol. The number of pyridine rings is 1. The van der Waals surface area contributed by atoms with Crippen LogP contribution in [-0.2, 0) is 0 Å². The highest BCUT2D eigenvalue weighted by atomic mass is 14.8. The number of hydrogen-bond acceptors (Lipinski definition) is 2. The van der Waals surface area contributed by atoms with Gasteiger partial charge in [0.15, 0.2) is 0 Å². The van der Waals surface area contributed by atoms with Crippen molar-refractivity contribution in [3.63, 3.8) is 0 Å². The first-order chi connectivity index (χ1) is 29.7. The molecule has 0 saturated carbocycles. The van der Waals surface area contributed by atoms with Gasteiger partial charge in [-0.15, -0.1) is 0 Å². The van der Waals surface area contributed by atoms with E-state index in [2.05, 4.69) is 205 Å². The van der Waals surface area contributed by atoms with Crippen LogP contribution in [0.15, 0.2) is 224 Å². The highest BCUT2D eigenvalue weighted by Crippen LogP contribution is 2.38. The Kier molecular flexibility index (Phi) is 9.02. The minimum absolute atomic E-state index is 0.825. The second-order valence-electron chi connectivity index (χ2n) is 15.6. The Morgan fingerprint density at radius 1 is 0.367 bits per heavy atom. The van der Waals surface area contributed by atoms with Crippen molar-refractivity contribution in [1.82, 2.24) is 4.98 Å². The summed E-state index contributed by atoms with van der Waals surface area (Å²) in [4.78, 5) is 9.91. The van der Waals surface area contributed by atoms with Crippen LogP contribution in [0.2, 0.25) is 0 Å². The summed E-state index contributed by atoms with van der Waals surface area (Å²) in [7, 11) is 0. The highest BCUT2D eigenvalue weighted by Gasteiger charge is 2.15. The van der Waals surface area contributed by atoms with E-state index in [1.165, 1.54) is 76.5 Å². The van der Waals surface area contributed by atoms with Crippen molar-refractivity contribution in [2.45, 2.75) is 12.8 Å². The Hall–Kier alpha value is -7.68. The lowest BCUT2D eigenvalue weighted by Crippen LogP contribution is -2.04. The number of nitrogens with zero attached hydrogens (tertiary/aromatic N) is 2. The van der Waals surface area contributed by atoms with E-state index in [1.54, 1.807) is 0 Å². The number of aromatic nitrogens is 1.